The van der Waals surface area contributed by atoms with Crippen molar-refractivity contribution < 1.29 is 0 Å². The zero-order chi connectivity index (χ0) is 37.4. The van der Waals surface area contributed by atoms with Crippen LogP contribution in [0.4, 0.5) is 0 Å². The van der Waals surface area contributed by atoms with Crippen molar-refractivity contribution in [3.63, 3.8) is 0 Å². The van der Waals surface area contributed by atoms with Crippen molar-refractivity contribution in [2.45, 2.75) is 11.4 Å². The van der Waals surface area contributed by atoms with Crippen LogP contribution in [0.25, 0.3) is 11.4 Å². The predicted octanol–water partition coefficient (Wildman–Crippen LogP) is 12.1. The molecule has 0 spiro atoms. The fourth-order valence-corrected chi connectivity index (χ4v) is 8.60. The van der Waals surface area contributed by atoms with Gasteiger partial charge in [0.1, 0.15) is 0 Å². The Morgan fingerprint density at radius 2 is 0.727 bits per heavy atom. The lowest BCUT2D eigenvalue weighted by molar-refractivity contribution is 0.0704. The van der Waals surface area contributed by atoms with E-state index in [1.54, 1.807) is 0 Å². The average molecular weight is 772 g/mol. The molecule has 0 aromatic heterocycles. The van der Waals surface area contributed by atoms with Crippen molar-refractivity contribution in [1.29, 1.82) is 0 Å². The number of benzene rings is 7. The molecule has 0 saturated carbocycles. The number of rotatable bonds is 8. The van der Waals surface area contributed by atoms with Crippen LogP contribution < -0.4 is 5.32 Å². The molecule has 0 unspecified atom stereocenters. The molecule has 7 aromatic carbocycles. The van der Waals surface area contributed by atoms with Crippen LogP contribution in [0.1, 0.15) is 38.9 Å². The Hall–Kier alpha value is -5.91. The van der Waals surface area contributed by atoms with E-state index in [4.69, 9.17) is 44.8 Å². The maximum atomic E-state index is 7.40. The lowest BCUT2D eigenvalue weighted by atomic mass is 9.87. The Kier molecular flexibility index (Phi) is 9.11. The molecule has 2 aliphatic rings. The van der Waals surface area contributed by atoms with Gasteiger partial charge in [-0.3, -0.25) is 4.90 Å². The van der Waals surface area contributed by atoms with Gasteiger partial charge in [0.2, 0.25) is 0 Å². The molecule has 2 heterocycles. The van der Waals surface area contributed by atoms with Gasteiger partial charge in [0.25, 0.3) is 5.79 Å². The highest BCUT2D eigenvalue weighted by Crippen LogP contribution is 2.58. The Morgan fingerprint density at radius 1 is 0.382 bits per heavy atom. The molecule has 0 atom stereocenters. The van der Waals surface area contributed by atoms with E-state index in [1.165, 1.54) is 0 Å². The fraction of sp³-hybridized carbons (Fsp3) is 0.0417. The van der Waals surface area contributed by atoms with Gasteiger partial charge in [-0.05, 0) is 23.8 Å². The maximum Gasteiger partial charge on any atom is 0.260 e. The van der Waals surface area contributed by atoms with Gasteiger partial charge in [0.05, 0.1) is 27.8 Å². The highest BCUT2D eigenvalue weighted by molar-refractivity contribution is 6.54. The van der Waals surface area contributed by atoms with Crippen molar-refractivity contribution in [2.24, 2.45) is 9.98 Å². The fourth-order valence-electron chi connectivity index (χ4n) is 7.79. The minimum absolute atomic E-state index is 0.504. The third-order valence-corrected chi connectivity index (χ3v) is 11.1. The molecule has 4 nitrogen and oxygen atoms in total. The first-order chi connectivity index (χ1) is 27.0. The van der Waals surface area contributed by atoms with Crippen LogP contribution in [0, 0.1) is 0 Å². The summed E-state index contributed by atoms with van der Waals surface area (Å²) >= 11 is 22.2. The summed E-state index contributed by atoms with van der Waals surface area (Å²) in [6.45, 7) is 0. The van der Waals surface area contributed by atoms with E-state index in [9.17, 15) is 0 Å². The van der Waals surface area contributed by atoms with E-state index in [2.05, 4.69) is 58.7 Å². The van der Waals surface area contributed by atoms with Gasteiger partial charge in [-0.25, -0.2) is 9.98 Å². The summed E-state index contributed by atoms with van der Waals surface area (Å²) in [7, 11) is 0. The lowest BCUT2D eigenvalue weighted by Gasteiger charge is -2.49. The van der Waals surface area contributed by atoms with Crippen LogP contribution in [0.3, 0.4) is 0 Å². The Bertz CT molecular complexity index is 2500. The highest BCUT2D eigenvalue weighted by atomic mass is 35.5. The SMILES string of the molecule is Clc1ccccc1C1(N2C(c3ccccc3)=C(c3ccccc3)NC2(c2ccccc2Cl)c2ccccc2Cl)N=C(c2ccccc2)C(c2ccccc2)=N1. The molecule has 0 fully saturated rings. The molecule has 7 heteroatoms. The van der Waals surface area contributed by atoms with Gasteiger partial charge in [-0.2, -0.15) is 0 Å². The summed E-state index contributed by atoms with van der Waals surface area (Å²) in [6, 6.07) is 64.6. The first-order valence-electron chi connectivity index (χ1n) is 18.0. The zero-order valence-electron chi connectivity index (χ0n) is 29.5. The second-order valence-corrected chi connectivity index (χ2v) is 14.6. The molecule has 0 aliphatic carbocycles. The van der Waals surface area contributed by atoms with Crippen molar-refractivity contribution in [3.8, 4) is 0 Å². The third-order valence-electron chi connectivity index (χ3n) is 10.1. The Labute approximate surface area is 335 Å². The largest absolute Gasteiger partial charge is 0.353 e. The topological polar surface area (TPSA) is 40.0 Å². The molecule has 0 saturated heterocycles. The molecule has 55 heavy (non-hydrogen) atoms. The quantitative estimate of drug-likeness (QED) is 0.167. The first-order valence-corrected chi connectivity index (χ1v) is 19.1. The van der Waals surface area contributed by atoms with Crippen LogP contribution in [0.2, 0.25) is 15.1 Å². The van der Waals surface area contributed by atoms with Crippen LogP contribution in [-0.2, 0) is 11.4 Å². The van der Waals surface area contributed by atoms with Crippen molar-refractivity contribution in [3.05, 3.63) is 248 Å². The van der Waals surface area contributed by atoms with Gasteiger partial charge in [0.15, 0.2) is 5.66 Å². The first kappa shape index (κ1) is 34.8. The second-order valence-electron chi connectivity index (χ2n) is 13.4. The van der Waals surface area contributed by atoms with Crippen LogP contribution in [0.15, 0.2) is 204 Å². The number of nitrogens with zero attached hydrogens (tertiary/aromatic N) is 3. The van der Waals surface area contributed by atoms with Crippen LogP contribution in [0.5, 0.6) is 0 Å². The Morgan fingerprint density at radius 3 is 1.15 bits per heavy atom. The predicted molar refractivity (Wildman–Crippen MR) is 227 cm³/mol. The van der Waals surface area contributed by atoms with E-state index in [1.807, 2.05) is 146 Å². The second kappa shape index (κ2) is 14.4. The van der Waals surface area contributed by atoms with Crippen LogP contribution >= 0.6 is 34.8 Å². The van der Waals surface area contributed by atoms with Gasteiger partial charge >= 0.3 is 0 Å². The van der Waals surface area contributed by atoms with E-state index < -0.39 is 11.4 Å². The highest BCUT2D eigenvalue weighted by Gasteiger charge is 2.61. The summed E-state index contributed by atoms with van der Waals surface area (Å²) < 4.78 is 0. The number of halogens is 3. The molecule has 7 aromatic rings. The molecule has 2 aliphatic heterocycles. The van der Waals surface area contributed by atoms with Gasteiger partial charge in [-0.15, -0.1) is 0 Å². The number of hydrogen-bond donors (Lipinski definition) is 1. The van der Waals surface area contributed by atoms with E-state index >= 15 is 0 Å². The Balaban J connectivity index is 1.52. The van der Waals surface area contributed by atoms with Gasteiger partial charge in [0, 0.05) is 43.4 Å². The van der Waals surface area contributed by atoms with Crippen LogP contribution in [-0.4, -0.2) is 16.3 Å². The van der Waals surface area contributed by atoms with Crippen molar-refractivity contribution in [2.75, 3.05) is 0 Å². The van der Waals surface area contributed by atoms with E-state index in [-0.39, 0.29) is 0 Å². The molecule has 1 N–H and O–H groups in total. The molecule has 0 radical (unpaired) electrons. The zero-order valence-corrected chi connectivity index (χ0v) is 31.7. The third kappa shape index (κ3) is 5.86. The summed E-state index contributed by atoms with van der Waals surface area (Å²) in [6.07, 6.45) is 0. The summed E-state index contributed by atoms with van der Waals surface area (Å²) in [4.78, 5) is 14.0. The summed E-state index contributed by atoms with van der Waals surface area (Å²) in [5, 5.41) is 5.66. The summed E-state index contributed by atoms with van der Waals surface area (Å²) in [5.74, 6) is -1.54. The maximum absolute atomic E-state index is 7.40. The minimum atomic E-state index is -1.54. The normalized spacial score (nSPS) is 15.7. The van der Waals surface area contributed by atoms with E-state index in [0.717, 1.165) is 56.2 Å². The number of nitrogens with one attached hydrogen (secondary N) is 1. The number of aliphatic imine (C=N–C) groups is 2. The average Bonchev–Trinajstić information content (AvgIpc) is 3.82. The van der Waals surface area contributed by atoms with E-state index in [0.29, 0.717) is 20.6 Å². The minimum Gasteiger partial charge on any atom is -0.353 e. The lowest BCUT2D eigenvalue weighted by Crippen LogP contribution is -2.58. The van der Waals surface area contributed by atoms with Crippen molar-refractivity contribution in [1.82, 2.24) is 10.2 Å². The number of hydrogen-bond acceptors (Lipinski definition) is 4. The monoisotopic (exact) mass is 770 g/mol. The molecule has 9 rings (SSSR count). The molecular formula is C48H33Cl3N4. The van der Waals surface area contributed by atoms with Crippen molar-refractivity contribution >= 4 is 57.6 Å². The smallest absolute Gasteiger partial charge is 0.260 e. The molecule has 0 amide bonds. The summed E-state index contributed by atoms with van der Waals surface area (Å²) in [5.41, 5.74) is 7.74. The molecule has 0 bridgehead atoms. The molecular weight excluding hydrogens is 739 g/mol. The van der Waals surface area contributed by atoms with Gasteiger partial charge < -0.3 is 5.32 Å². The molecule has 266 valence electrons. The van der Waals surface area contributed by atoms with Gasteiger partial charge in [-0.1, -0.05) is 211 Å². The standard InChI is InChI=1S/C48H33Cl3N4/c49-40-30-16-13-27-37(40)47(38-28-14-17-31-41(38)50)52-45(35-23-9-3-10-24-35)46(36-25-11-4-12-26-36)55(47)48(39-29-15-18-32-42(39)51)53-43(33-19-5-1-6-20-33)44(54-48)34-21-7-2-8-22-34/h1-32,52H.